The van der Waals surface area contributed by atoms with E-state index in [1.165, 1.54) is 32.3 Å². The van der Waals surface area contributed by atoms with Crippen molar-refractivity contribution in [2.24, 2.45) is 10.7 Å². The quantitative estimate of drug-likeness (QED) is 0.558. The van der Waals surface area contributed by atoms with E-state index in [1.54, 1.807) is 18.2 Å². The molecule has 3 N–H and O–H groups in total. The summed E-state index contributed by atoms with van der Waals surface area (Å²) < 4.78 is 66.1. The molecule has 0 atom stereocenters. The zero-order chi connectivity index (χ0) is 20.9. The van der Waals surface area contributed by atoms with E-state index in [0.29, 0.717) is 11.3 Å². The minimum Gasteiger partial charge on any atom is -0.406 e. The molecule has 11 heteroatoms. The first-order valence-corrected chi connectivity index (χ1v) is 9.36. The van der Waals surface area contributed by atoms with Crippen molar-refractivity contribution in [3.8, 4) is 5.75 Å². The Labute approximate surface area is 160 Å². The molecule has 0 unspecified atom stereocenters. The average Bonchev–Trinajstić information content (AvgIpc) is 2.60. The number of aliphatic imine (C=N–C) groups is 1. The van der Waals surface area contributed by atoms with Crippen LogP contribution in [0, 0.1) is 0 Å². The predicted molar refractivity (Wildman–Crippen MR) is 99.4 cm³/mol. The van der Waals surface area contributed by atoms with Gasteiger partial charge in [-0.15, -0.1) is 13.2 Å². The molecule has 0 fully saturated rings. The molecule has 0 bridgehead atoms. The van der Waals surface area contributed by atoms with Gasteiger partial charge in [0.1, 0.15) is 5.75 Å². The summed E-state index contributed by atoms with van der Waals surface area (Å²) in [5.74, 6) is -0.391. The van der Waals surface area contributed by atoms with Gasteiger partial charge in [0.25, 0.3) is 0 Å². The van der Waals surface area contributed by atoms with E-state index in [0.717, 1.165) is 16.4 Å². The summed E-state index contributed by atoms with van der Waals surface area (Å²) in [4.78, 5) is 4.21. The molecule has 2 aromatic carbocycles. The lowest BCUT2D eigenvalue weighted by atomic mass is 10.2. The topological polar surface area (TPSA) is 97.0 Å². The number of guanidine groups is 1. The number of nitrogens with zero attached hydrogens (tertiary/aromatic N) is 2. The minimum absolute atomic E-state index is 0.00263. The van der Waals surface area contributed by atoms with Crippen LogP contribution in [0.3, 0.4) is 0 Å². The number of sulfonamides is 1. The number of rotatable bonds is 6. The molecule has 0 aliphatic heterocycles. The third kappa shape index (κ3) is 5.86. The minimum atomic E-state index is -4.77. The van der Waals surface area contributed by atoms with Gasteiger partial charge < -0.3 is 15.8 Å². The molecule has 28 heavy (non-hydrogen) atoms. The Hall–Kier alpha value is -2.79. The van der Waals surface area contributed by atoms with Crippen LogP contribution in [0.1, 0.15) is 5.56 Å². The number of nitrogens with two attached hydrogens (primary N) is 1. The summed E-state index contributed by atoms with van der Waals surface area (Å²) in [7, 11) is -0.781. The van der Waals surface area contributed by atoms with E-state index in [2.05, 4.69) is 15.0 Å². The van der Waals surface area contributed by atoms with Crippen LogP contribution in [0.25, 0.3) is 0 Å². The van der Waals surface area contributed by atoms with E-state index in [-0.39, 0.29) is 23.1 Å². The molecule has 152 valence electrons. The van der Waals surface area contributed by atoms with Crippen molar-refractivity contribution >= 4 is 21.7 Å². The summed E-state index contributed by atoms with van der Waals surface area (Å²) in [5, 5.41) is 2.71. The summed E-state index contributed by atoms with van der Waals surface area (Å²) in [6.07, 6.45) is -4.77. The second-order valence-corrected chi connectivity index (χ2v) is 7.91. The van der Waals surface area contributed by atoms with E-state index in [9.17, 15) is 21.6 Å². The molecule has 0 aliphatic rings. The highest BCUT2D eigenvalue weighted by Crippen LogP contribution is 2.24. The fourth-order valence-electron chi connectivity index (χ4n) is 2.18. The summed E-state index contributed by atoms with van der Waals surface area (Å²) in [6, 6.07) is 11.3. The van der Waals surface area contributed by atoms with Crippen LogP contribution in [0.15, 0.2) is 58.4 Å². The van der Waals surface area contributed by atoms with Crippen LogP contribution >= 0.6 is 0 Å². The zero-order valence-corrected chi connectivity index (χ0v) is 15.9. The lowest BCUT2D eigenvalue weighted by Gasteiger charge is -2.14. The number of ether oxygens (including phenoxy) is 1. The van der Waals surface area contributed by atoms with Crippen molar-refractivity contribution < 1.29 is 26.3 Å². The van der Waals surface area contributed by atoms with Crippen molar-refractivity contribution in [3.63, 3.8) is 0 Å². The molecule has 0 amide bonds. The SMILES string of the molecule is CN(C)S(=O)(=O)c1ccccc1CN=C(N)Nc1ccc(OC(F)(F)F)cc1. The Balaban J connectivity index is 2.10. The number of hydrogen-bond donors (Lipinski definition) is 2. The van der Waals surface area contributed by atoms with Crippen molar-refractivity contribution in [2.45, 2.75) is 17.8 Å². The second-order valence-electron chi connectivity index (χ2n) is 5.79. The molecular formula is C17H19F3N4O3S. The number of hydrogen-bond acceptors (Lipinski definition) is 4. The molecule has 0 heterocycles. The Morgan fingerprint density at radius 3 is 2.32 bits per heavy atom. The third-order valence-electron chi connectivity index (χ3n) is 3.51. The van der Waals surface area contributed by atoms with Gasteiger partial charge in [0.05, 0.1) is 11.4 Å². The van der Waals surface area contributed by atoms with Crippen LogP contribution in [0.5, 0.6) is 5.75 Å². The van der Waals surface area contributed by atoms with Gasteiger partial charge in [-0.05, 0) is 35.9 Å². The number of alkyl halides is 3. The van der Waals surface area contributed by atoms with Crippen molar-refractivity contribution in [1.82, 2.24) is 4.31 Å². The predicted octanol–water partition coefficient (Wildman–Crippen LogP) is 2.76. The van der Waals surface area contributed by atoms with Crippen LogP contribution < -0.4 is 15.8 Å². The molecule has 2 rings (SSSR count). The molecular weight excluding hydrogens is 397 g/mol. The van der Waals surface area contributed by atoms with Gasteiger partial charge in [-0.1, -0.05) is 18.2 Å². The zero-order valence-electron chi connectivity index (χ0n) is 15.1. The lowest BCUT2D eigenvalue weighted by Crippen LogP contribution is -2.24. The fourth-order valence-corrected chi connectivity index (χ4v) is 3.29. The number of halogens is 3. The fraction of sp³-hybridized carbons (Fsp3) is 0.235. The molecule has 0 saturated carbocycles. The second kappa shape index (κ2) is 8.48. The van der Waals surface area contributed by atoms with E-state index in [1.807, 2.05) is 0 Å². The largest absolute Gasteiger partial charge is 0.573 e. The molecule has 0 aromatic heterocycles. The highest BCUT2D eigenvalue weighted by Gasteiger charge is 2.30. The summed E-state index contributed by atoms with van der Waals surface area (Å²) >= 11 is 0. The lowest BCUT2D eigenvalue weighted by molar-refractivity contribution is -0.274. The maximum atomic E-state index is 12.4. The molecule has 7 nitrogen and oxygen atoms in total. The summed E-state index contributed by atoms with van der Waals surface area (Å²) in [6.45, 7) is -0.00263. The Kier molecular flexibility index (Phi) is 6.52. The first-order chi connectivity index (χ1) is 13.0. The van der Waals surface area contributed by atoms with E-state index >= 15 is 0 Å². The van der Waals surface area contributed by atoms with Gasteiger partial charge >= 0.3 is 6.36 Å². The van der Waals surface area contributed by atoms with Gasteiger partial charge in [-0.25, -0.2) is 17.7 Å². The highest BCUT2D eigenvalue weighted by atomic mass is 32.2. The Bertz CT molecular complexity index is 943. The molecule has 0 aliphatic carbocycles. The smallest absolute Gasteiger partial charge is 0.406 e. The van der Waals surface area contributed by atoms with E-state index < -0.39 is 16.4 Å². The standard InChI is InChI=1S/C17H19F3N4O3S/c1-24(2)28(25,26)15-6-4-3-5-12(15)11-22-16(21)23-13-7-9-14(10-8-13)27-17(18,19)20/h3-10H,11H2,1-2H3,(H3,21,22,23). The summed E-state index contributed by atoms with van der Waals surface area (Å²) in [5.41, 5.74) is 6.63. The van der Waals surface area contributed by atoms with Gasteiger partial charge in [0.2, 0.25) is 10.0 Å². The first-order valence-electron chi connectivity index (χ1n) is 7.92. The maximum absolute atomic E-state index is 12.4. The number of benzene rings is 2. The van der Waals surface area contributed by atoms with Crippen LogP contribution in [-0.4, -0.2) is 39.1 Å². The first kappa shape index (κ1) is 21.5. The van der Waals surface area contributed by atoms with Gasteiger partial charge in [-0.3, -0.25) is 0 Å². The number of anilines is 1. The molecule has 0 radical (unpaired) electrons. The molecule has 0 saturated heterocycles. The Morgan fingerprint density at radius 1 is 1.14 bits per heavy atom. The molecule has 0 spiro atoms. The normalized spacial score (nSPS) is 12.9. The van der Waals surface area contributed by atoms with Gasteiger partial charge in [0, 0.05) is 19.8 Å². The third-order valence-corrected chi connectivity index (χ3v) is 5.43. The van der Waals surface area contributed by atoms with Gasteiger partial charge in [0.15, 0.2) is 5.96 Å². The van der Waals surface area contributed by atoms with Crippen LogP contribution in [-0.2, 0) is 16.6 Å². The highest BCUT2D eigenvalue weighted by molar-refractivity contribution is 7.89. The van der Waals surface area contributed by atoms with E-state index in [4.69, 9.17) is 5.73 Å². The van der Waals surface area contributed by atoms with Crippen molar-refractivity contribution in [3.05, 3.63) is 54.1 Å². The Morgan fingerprint density at radius 2 is 1.75 bits per heavy atom. The number of nitrogens with one attached hydrogen (secondary N) is 1. The van der Waals surface area contributed by atoms with Crippen molar-refractivity contribution in [1.29, 1.82) is 0 Å². The monoisotopic (exact) mass is 416 g/mol. The van der Waals surface area contributed by atoms with Crippen molar-refractivity contribution in [2.75, 3.05) is 19.4 Å². The average molecular weight is 416 g/mol. The van der Waals surface area contributed by atoms with Crippen LogP contribution in [0.2, 0.25) is 0 Å². The maximum Gasteiger partial charge on any atom is 0.573 e. The van der Waals surface area contributed by atoms with Crippen LogP contribution in [0.4, 0.5) is 18.9 Å². The molecule has 2 aromatic rings. The van der Waals surface area contributed by atoms with Gasteiger partial charge in [-0.2, -0.15) is 0 Å².